The first-order valence-electron chi connectivity index (χ1n) is 6.77. The molecule has 1 fully saturated rings. The van der Waals surface area contributed by atoms with Gasteiger partial charge in [-0.05, 0) is 51.6 Å². The molecule has 0 aromatic rings. The first kappa shape index (κ1) is 14.2. The van der Waals surface area contributed by atoms with E-state index in [9.17, 15) is 4.79 Å². The van der Waals surface area contributed by atoms with Gasteiger partial charge in [-0.2, -0.15) is 0 Å². The van der Waals surface area contributed by atoms with Crippen LogP contribution in [-0.4, -0.2) is 37.0 Å². The highest BCUT2D eigenvalue weighted by molar-refractivity contribution is 5.87. The van der Waals surface area contributed by atoms with Gasteiger partial charge in [-0.25, -0.2) is 0 Å². The summed E-state index contributed by atoms with van der Waals surface area (Å²) in [7, 11) is 1.93. The molecular formula is C14H26N2O. The summed E-state index contributed by atoms with van der Waals surface area (Å²) in [6.45, 7) is 5.90. The van der Waals surface area contributed by atoms with E-state index < -0.39 is 0 Å². The van der Waals surface area contributed by atoms with Crippen molar-refractivity contribution in [3.05, 3.63) is 12.2 Å². The fourth-order valence-corrected chi connectivity index (χ4v) is 2.50. The van der Waals surface area contributed by atoms with Gasteiger partial charge in [0.2, 0.25) is 5.91 Å². The Morgan fingerprint density at radius 2 is 2.00 bits per heavy atom. The maximum atomic E-state index is 12.0. The molecule has 1 aliphatic carbocycles. The topological polar surface area (TPSA) is 32.3 Å². The quantitative estimate of drug-likeness (QED) is 0.745. The van der Waals surface area contributed by atoms with E-state index in [1.165, 1.54) is 12.8 Å². The molecule has 0 heterocycles. The zero-order valence-electron chi connectivity index (χ0n) is 11.4. The lowest BCUT2D eigenvalue weighted by Crippen LogP contribution is -2.44. The van der Waals surface area contributed by atoms with Gasteiger partial charge in [-0.1, -0.05) is 13.0 Å². The van der Waals surface area contributed by atoms with Crippen LogP contribution in [0.5, 0.6) is 0 Å². The summed E-state index contributed by atoms with van der Waals surface area (Å²) in [6.07, 6.45) is 8.35. The second-order valence-corrected chi connectivity index (χ2v) is 5.05. The van der Waals surface area contributed by atoms with Crippen LogP contribution in [0.4, 0.5) is 0 Å². The molecule has 3 heteroatoms. The third-order valence-electron chi connectivity index (χ3n) is 3.62. The number of carbonyl (C=O) groups is 1. The molecule has 1 N–H and O–H groups in total. The van der Waals surface area contributed by atoms with Gasteiger partial charge in [0.25, 0.3) is 0 Å². The van der Waals surface area contributed by atoms with Crippen LogP contribution >= 0.6 is 0 Å². The van der Waals surface area contributed by atoms with Gasteiger partial charge in [0.05, 0.1) is 0 Å². The Bertz CT molecular complexity index is 255. The highest BCUT2D eigenvalue weighted by atomic mass is 16.2. The first-order chi connectivity index (χ1) is 8.19. The van der Waals surface area contributed by atoms with Crippen LogP contribution < -0.4 is 5.32 Å². The monoisotopic (exact) mass is 238 g/mol. The molecule has 0 unspecified atom stereocenters. The summed E-state index contributed by atoms with van der Waals surface area (Å²) in [4.78, 5) is 14.1. The summed E-state index contributed by atoms with van der Waals surface area (Å²) in [5.41, 5.74) is 0. The second kappa shape index (κ2) is 7.49. The molecule has 1 rings (SSSR count). The standard InChI is InChI=1S/C14H26N2O/c1-4-5-14(17)16(11-10-15-3)13-8-6-12(2)7-9-13/h4-5,12-13,15H,6-11H2,1-3H3/b5-4+. The fraction of sp³-hybridized carbons (Fsp3) is 0.786. The number of likely N-dealkylation sites (N-methyl/N-ethyl adjacent to an activating group) is 1. The molecule has 0 aliphatic heterocycles. The van der Waals surface area contributed by atoms with Gasteiger partial charge in [0.1, 0.15) is 0 Å². The predicted octanol–water partition coefficient (Wildman–Crippen LogP) is 2.19. The van der Waals surface area contributed by atoms with E-state index in [0.717, 1.165) is 31.8 Å². The van der Waals surface area contributed by atoms with Crippen LogP contribution in [-0.2, 0) is 4.79 Å². The normalized spacial score (nSPS) is 25.1. The van der Waals surface area contributed by atoms with Crippen molar-refractivity contribution in [2.75, 3.05) is 20.1 Å². The van der Waals surface area contributed by atoms with Crippen LogP contribution in [0.3, 0.4) is 0 Å². The van der Waals surface area contributed by atoms with E-state index in [2.05, 4.69) is 12.2 Å². The Hall–Kier alpha value is -0.830. The van der Waals surface area contributed by atoms with Crippen LogP contribution in [0.25, 0.3) is 0 Å². The Morgan fingerprint density at radius 1 is 1.35 bits per heavy atom. The van der Waals surface area contributed by atoms with Crippen molar-refractivity contribution in [1.29, 1.82) is 0 Å². The highest BCUT2D eigenvalue weighted by Crippen LogP contribution is 2.27. The Balaban J connectivity index is 2.58. The summed E-state index contributed by atoms with van der Waals surface area (Å²) in [6, 6.07) is 0.447. The fourth-order valence-electron chi connectivity index (χ4n) is 2.50. The van der Waals surface area contributed by atoms with Crippen LogP contribution in [0.15, 0.2) is 12.2 Å². The molecule has 0 atom stereocenters. The molecule has 0 aromatic carbocycles. The Labute approximate surface area is 105 Å². The van der Waals surface area contributed by atoms with Gasteiger partial charge in [0, 0.05) is 19.1 Å². The number of amides is 1. The minimum atomic E-state index is 0.169. The van der Waals surface area contributed by atoms with Gasteiger partial charge in [-0.3, -0.25) is 4.79 Å². The molecule has 0 bridgehead atoms. The zero-order valence-corrected chi connectivity index (χ0v) is 11.4. The van der Waals surface area contributed by atoms with Gasteiger partial charge in [0.15, 0.2) is 0 Å². The number of rotatable bonds is 5. The summed E-state index contributed by atoms with van der Waals surface area (Å²) in [5, 5.41) is 3.13. The number of carbonyl (C=O) groups excluding carboxylic acids is 1. The van der Waals surface area contributed by atoms with Gasteiger partial charge < -0.3 is 10.2 Å². The van der Waals surface area contributed by atoms with E-state index in [-0.39, 0.29) is 5.91 Å². The van der Waals surface area contributed by atoms with Crippen molar-refractivity contribution >= 4 is 5.91 Å². The van der Waals surface area contributed by atoms with Crippen LogP contribution in [0.2, 0.25) is 0 Å². The number of hydrogen-bond acceptors (Lipinski definition) is 2. The van der Waals surface area contributed by atoms with E-state index in [1.807, 2.05) is 24.9 Å². The molecule has 1 aliphatic rings. The smallest absolute Gasteiger partial charge is 0.246 e. The maximum Gasteiger partial charge on any atom is 0.246 e. The van der Waals surface area contributed by atoms with E-state index in [0.29, 0.717) is 6.04 Å². The molecule has 0 aromatic heterocycles. The van der Waals surface area contributed by atoms with Gasteiger partial charge in [-0.15, -0.1) is 0 Å². The highest BCUT2D eigenvalue weighted by Gasteiger charge is 2.25. The van der Waals surface area contributed by atoms with E-state index in [4.69, 9.17) is 0 Å². The Kier molecular flexibility index (Phi) is 6.27. The number of nitrogens with zero attached hydrogens (tertiary/aromatic N) is 1. The molecule has 3 nitrogen and oxygen atoms in total. The van der Waals surface area contributed by atoms with E-state index in [1.54, 1.807) is 6.08 Å². The molecule has 98 valence electrons. The van der Waals surface area contributed by atoms with Crippen molar-refractivity contribution in [2.45, 2.75) is 45.6 Å². The maximum absolute atomic E-state index is 12.0. The van der Waals surface area contributed by atoms with E-state index >= 15 is 0 Å². The molecule has 0 radical (unpaired) electrons. The third-order valence-corrected chi connectivity index (χ3v) is 3.62. The lowest BCUT2D eigenvalue weighted by Gasteiger charge is -2.35. The minimum absolute atomic E-state index is 0.169. The minimum Gasteiger partial charge on any atom is -0.335 e. The lowest BCUT2D eigenvalue weighted by molar-refractivity contribution is -0.129. The predicted molar refractivity (Wildman–Crippen MR) is 71.9 cm³/mol. The molecule has 0 spiro atoms. The van der Waals surface area contributed by atoms with Crippen molar-refractivity contribution in [3.63, 3.8) is 0 Å². The van der Waals surface area contributed by atoms with Crippen LogP contribution in [0, 0.1) is 5.92 Å². The molecule has 0 saturated heterocycles. The van der Waals surface area contributed by atoms with Gasteiger partial charge >= 0.3 is 0 Å². The summed E-state index contributed by atoms with van der Waals surface area (Å²) >= 11 is 0. The summed E-state index contributed by atoms with van der Waals surface area (Å²) in [5.74, 6) is 0.997. The average molecular weight is 238 g/mol. The van der Waals surface area contributed by atoms with Crippen molar-refractivity contribution < 1.29 is 4.79 Å². The van der Waals surface area contributed by atoms with Crippen LogP contribution in [0.1, 0.15) is 39.5 Å². The first-order valence-corrected chi connectivity index (χ1v) is 6.77. The number of allylic oxidation sites excluding steroid dienone is 1. The number of hydrogen-bond donors (Lipinski definition) is 1. The molecular weight excluding hydrogens is 212 g/mol. The summed E-state index contributed by atoms with van der Waals surface area (Å²) < 4.78 is 0. The second-order valence-electron chi connectivity index (χ2n) is 5.05. The molecule has 1 amide bonds. The molecule has 1 saturated carbocycles. The van der Waals surface area contributed by atoms with Crippen molar-refractivity contribution in [3.8, 4) is 0 Å². The van der Waals surface area contributed by atoms with Crippen molar-refractivity contribution in [1.82, 2.24) is 10.2 Å². The average Bonchev–Trinajstić information content (AvgIpc) is 2.32. The number of nitrogens with one attached hydrogen (secondary N) is 1. The van der Waals surface area contributed by atoms with Crippen molar-refractivity contribution in [2.24, 2.45) is 5.92 Å². The molecule has 17 heavy (non-hydrogen) atoms. The Morgan fingerprint density at radius 3 is 2.53 bits per heavy atom. The SMILES string of the molecule is C/C=C/C(=O)N(CCNC)C1CCC(C)CC1. The third kappa shape index (κ3) is 4.50. The largest absolute Gasteiger partial charge is 0.335 e. The zero-order chi connectivity index (χ0) is 12.7. The lowest BCUT2D eigenvalue weighted by atomic mass is 9.86.